The van der Waals surface area contributed by atoms with Gasteiger partial charge in [0.15, 0.2) is 0 Å². The highest BCUT2D eigenvalue weighted by molar-refractivity contribution is 5.73. The molecule has 1 aromatic carbocycles. The van der Waals surface area contributed by atoms with Crippen LogP contribution in [0, 0.1) is 5.82 Å². The van der Waals surface area contributed by atoms with E-state index in [2.05, 4.69) is 10.2 Å². The molecule has 1 amide bonds. The maximum Gasteiger partial charge on any atom is 0.217 e. The fourth-order valence-electron chi connectivity index (χ4n) is 2.75. The standard InChI is InChI=1S/C16H23FN2O3/c1-11(20)18-15-5-7-19(8-6-16(15)21)10-12-3-4-13(22-2)9-14(12)17/h3-4,9,15-16,21H,5-8,10H2,1-2H3,(H,18,20)/t15-,16-/m0/s1. The van der Waals surface area contributed by atoms with Crippen LogP contribution in [0.25, 0.3) is 0 Å². The number of nitrogens with zero attached hydrogens (tertiary/aromatic N) is 1. The summed E-state index contributed by atoms with van der Waals surface area (Å²) in [5, 5.41) is 12.8. The highest BCUT2D eigenvalue weighted by atomic mass is 19.1. The maximum absolute atomic E-state index is 14.0. The number of nitrogens with one attached hydrogen (secondary N) is 1. The van der Waals surface area contributed by atoms with E-state index < -0.39 is 6.10 Å². The molecule has 1 saturated heterocycles. The Morgan fingerprint density at radius 1 is 1.45 bits per heavy atom. The van der Waals surface area contributed by atoms with Gasteiger partial charge in [-0.2, -0.15) is 0 Å². The van der Waals surface area contributed by atoms with Crippen LogP contribution >= 0.6 is 0 Å². The van der Waals surface area contributed by atoms with E-state index >= 15 is 0 Å². The van der Waals surface area contributed by atoms with Gasteiger partial charge < -0.3 is 15.2 Å². The first-order chi connectivity index (χ1) is 10.5. The summed E-state index contributed by atoms with van der Waals surface area (Å²) < 4.78 is 19.0. The predicted octanol–water partition coefficient (Wildman–Crippen LogP) is 1.30. The number of amides is 1. The van der Waals surface area contributed by atoms with Crippen molar-refractivity contribution in [3.05, 3.63) is 29.6 Å². The highest BCUT2D eigenvalue weighted by Crippen LogP contribution is 2.20. The van der Waals surface area contributed by atoms with Crippen molar-refractivity contribution >= 4 is 5.91 Å². The maximum atomic E-state index is 14.0. The lowest BCUT2D eigenvalue weighted by Crippen LogP contribution is -2.42. The Hall–Kier alpha value is -1.66. The molecule has 2 N–H and O–H groups in total. The van der Waals surface area contributed by atoms with E-state index in [-0.39, 0.29) is 17.8 Å². The number of ether oxygens (including phenoxy) is 1. The van der Waals surface area contributed by atoms with Crippen LogP contribution in [0.5, 0.6) is 5.75 Å². The third kappa shape index (κ3) is 4.42. The SMILES string of the molecule is COc1ccc(CN2CC[C@H](NC(C)=O)[C@@H](O)CC2)c(F)c1. The Balaban J connectivity index is 1.98. The second-order valence-electron chi connectivity index (χ2n) is 5.69. The summed E-state index contributed by atoms with van der Waals surface area (Å²) in [6.45, 7) is 3.30. The predicted molar refractivity (Wildman–Crippen MR) is 81.1 cm³/mol. The molecule has 0 unspecified atom stereocenters. The van der Waals surface area contributed by atoms with Crippen LogP contribution in [0.15, 0.2) is 18.2 Å². The van der Waals surface area contributed by atoms with E-state index in [1.54, 1.807) is 12.1 Å². The second kappa shape index (κ2) is 7.56. The van der Waals surface area contributed by atoms with E-state index in [4.69, 9.17) is 4.74 Å². The minimum absolute atomic E-state index is 0.140. The van der Waals surface area contributed by atoms with Crippen LogP contribution in [0.2, 0.25) is 0 Å². The number of methoxy groups -OCH3 is 1. The number of rotatable bonds is 4. The van der Waals surface area contributed by atoms with Gasteiger partial charge in [-0.25, -0.2) is 4.39 Å². The smallest absolute Gasteiger partial charge is 0.217 e. The monoisotopic (exact) mass is 310 g/mol. The van der Waals surface area contributed by atoms with Crippen molar-refractivity contribution in [1.82, 2.24) is 10.2 Å². The number of likely N-dealkylation sites (tertiary alicyclic amines) is 1. The third-order valence-electron chi connectivity index (χ3n) is 4.00. The molecule has 0 bridgehead atoms. The van der Waals surface area contributed by atoms with Gasteiger partial charge in [-0.15, -0.1) is 0 Å². The third-order valence-corrected chi connectivity index (χ3v) is 4.00. The number of aliphatic hydroxyl groups excluding tert-OH is 1. The number of aliphatic hydroxyl groups is 1. The zero-order valence-corrected chi connectivity index (χ0v) is 13.0. The molecule has 0 spiro atoms. The van der Waals surface area contributed by atoms with Gasteiger partial charge in [-0.05, 0) is 18.9 Å². The van der Waals surface area contributed by atoms with E-state index in [0.29, 0.717) is 43.8 Å². The van der Waals surface area contributed by atoms with E-state index in [0.717, 1.165) is 0 Å². The lowest BCUT2D eigenvalue weighted by Gasteiger charge is -2.21. The summed E-state index contributed by atoms with van der Waals surface area (Å²) in [6.07, 6.45) is 0.649. The molecule has 1 aromatic rings. The van der Waals surface area contributed by atoms with Gasteiger partial charge >= 0.3 is 0 Å². The Bertz CT molecular complexity index is 524. The van der Waals surface area contributed by atoms with Crippen LogP contribution in [0.3, 0.4) is 0 Å². The number of carbonyl (C=O) groups excluding carboxylic acids is 1. The van der Waals surface area contributed by atoms with Crippen molar-refractivity contribution in [2.24, 2.45) is 0 Å². The summed E-state index contributed by atoms with van der Waals surface area (Å²) in [5.41, 5.74) is 0.605. The summed E-state index contributed by atoms with van der Waals surface area (Å²) in [7, 11) is 1.51. The Labute approximate surface area is 130 Å². The quantitative estimate of drug-likeness (QED) is 0.880. The fourth-order valence-corrected chi connectivity index (χ4v) is 2.75. The van der Waals surface area contributed by atoms with Crippen molar-refractivity contribution < 1.29 is 19.0 Å². The molecule has 22 heavy (non-hydrogen) atoms. The van der Waals surface area contributed by atoms with Crippen molar-refractivity contribution in [3.8, 4) is 5.75 Å². The van der Waals surface area contributed by atoms with Crippen LogP contribution < -0.4 is 10.1 Å². The van der Waals surface area contributed by atoms with Gasteiger partial charge in [-0.1, -0.05) is 6.07 Å². The van der Waals surface area contributed by atoms with E-state index in [1.807, 2.05) is 0 Å². The van der Waals surface area contributed by atoms with Crippen LogP contribution in [-0.2, 0) is 11.3 Å². The molecule has 5 nitrogen and oxygen atoms in total. The highest BCUT2D eigenvalue weighted by Gasteiger charge is 2.25. The molecule has 1 heterocycles. The van der Waals surface area contributed by atoms with Crippen LogP contribution in [0.1, 0.15) is 25.3 Å². The summed E-state index contributed by atoms with van der Waals surface area (Å²) in [5.74, 6) is 0.0690. The zero-order valence-electron chi connectivity index (χ0n) is 13.0. The van der Waals surface area contributed by atoms with Gasteiger partial charge in [0.05, 0.1) is 19.3 Å². The number of benzene rings is 1. The van der Waals surface area contributed by atoms with E-state index in [1.165, 1.54) is 20.1 Å². The molecule has 0 aliphatic carbocycles. The average molecular weight is 310 g/mol. The molecule has 2 atom stereocenters. The zero-order chi connectivity index (χ0) is 16.1. The second-order valence-corrected chi connectivity index (χ2v) is 5.69. The summed E-state index contributed by atoms with van der Waals surface area (Å²) in [6, 6.07) is 4.61. The van der Waals surface area contributed by atoms with Gasteiger partial charge in [0, 0.05) is 38.2 Å². The molecule has 122 valence electrons. The molecular formula is C16H23FN2O3. The first-order valence-electron chi connectivity index (χ1n) is 7.49. The topological polar surface area (TPSA) is 61.8 Å². The van der Waals surface area contributed by atoms with Crippen molar-refractivity contribution in [2.75, 3.05) is 20.2 Å². The molecule has 6 heteroatoms. The van der Waals surface area contributed by atoms with Gasteiger partial charge in [0.2, 0.25) is 5.91 Å². The largest absolute Gasteiger partial charge is 0.497 e. The first-order valence-corrected chi connectivity index (χ1v) is 7.49. The Morgan fingerprint density at radius 3 is 2.82 bits per heavy atom. The molecular weight excluding hydrogens is 287 g/mol. The molecule has 1 aliphatic rings. The molecule has 0 radical (unpaired) electrons. The summed E-state index contributed by atoms with van der Waals surface area (Å²) >= 11 is 0. The minimum atomic E-state index is -0.561. The average Bonchev–Trinajstić information content (AvgIpc) is 2.64. The number of halogens is 1. The first kappa shape index (κ1) is 16.7. The Morgan fingerprint density at radius 2 is 2.18 bits per heavy atom. The molecule has 2 rings (SSSR count). The van der Waals surface area contributed by atoms with Crippen molar-refractivity contribution in [2.45, 2.75) is 38.5 Å². The molecule has 1 aliphatic heterocycles. The number of hydrogen-bond donors (Lipinski definition) is 2. The van der Waals surface area contributed by atoms with Crippen molar-refractivity contribution in [1.29, 1.82) is 0 Å². The van der Waals surface area contributed by atoms with Crippen LogP contribution in [0.4, 0.5) is 4.39 Å². The van der Waals surface area contributed by atoms with Gasteiger partial charge in [0.1, 0.15) is 11.6 Å². The lowest BCUT2D eigenvalue weighted by atomic mass is 10.1. The Kier molecular flexibility index (Phi) is 5.74. The van der Waals surface area contributed by atoms with Crippen LogP contribution in [-0.4, -0.2) is 48.3 Å². The molecule has 0 aromatic heterocycles. The molecule has 1 fully saturated rings. The van der Waals surface area contributed by atoms with Gasteiger partial charge in [-0.3, -0.25) is 9.69 Å². The normalized spacial score (nSPS) is 22.9. The van der Waals surface area contributed by atoms with E-state index in [9.17, 15) is 14.3 Å². The van der Waals surface area contributed by atoms with Gasteiger partial charge in [0.25, 0.3) is 0 Å². The number of carbonyl (C=O) groups is 1. The molecule has 0 saturated carbocycles. The number of hydrogen-bond acceptors (Lipinski definition) is 4. The fraction of sp³-hybridized carbons (Fsp3) is 0.562. The minimum Gasteiger partial charge on any atom is -0.497 e. The lowest BCUT2D eigenvalue weighted by molar-refractivity contribution is -0.120. The summed E-state index contributed by atoms with van der Waals surface area (Å²) in [4.78, 5) is 13.2. The van der Waals surface area contributed by atoms with Crippen molar-refractivity contribution in [3.63, 3.8) is 0 Å².